The van der Waals surface area contributed by atoms with Crippen molar-refractivity contribution in [2.24, 2.45) is 0 Å². The van der Waals surface area contributed by atoms with Gasteiger partial charge in [0.15, 0.2) is 0 Å². The van der Waals surface area contributed by atoms with Crippen molar-refractivity contribution in [1.82, 2.24) is 9.55 Å². The summed E-state index contributed by atoms with van der Waals surface area (Å²) in [5.41, 5.74) is 2.65. The van der Waals surface area contributed by atoms with Crippen molar-refractivity contribution in [3.63, 3.8) is 0 Å². The van der Waals surface area contributed by atoms with E-state index >= 15 is 0 Å². The number of carboxylic acids is 1. The normalized spacial score (nSPS) is 11.2. The smallest absolute Gasteiger partial charge is 0.371 e. The van der Waals surface area contributed by atoms with Gasteiger partial charge in [0.2, 0.25) is 5.76 Å². The highest BCUT2D eigenvalue weighted by Gasteiger charge is 2.19. The number of aryl methyl sites for hydroxylation is 3. The summed E-state index contributed by atoms with van der Waals surface area (Å²) in [6.45, 7) is 5.98. The Kier molecular flexibility index (Phi) is 4.39. The van der Waals surface area contributed by atoms with Crippen molar-refractivity contribution >= 4 is 27.5 Å². The molecule has 1 N–H and O–H groups in total. The summed E-state index contributed by atoms with van der Waals surface area (Å²) in [5, 5.41) is 9.69. The largest absolute Gasteiger partial charge is 0.475 e. The Bertz CT molecular complexity index is 1280. The Labute approximate surface area is 164 Å². The zero-order valence-corrected chi connectivity index (χ0v) is 16.5. The number of carbonyl (C=O) groups is 1. The van der Waals surface area contributed by atoms with E-state index in [1.807, 2.05) is 45.0 Å². The third-order valence-corrected chi connectivity index (χ3v) is 5.85. The predicted molar refractivity (Wildman–Crippen MR) is 108 cm³/mol. The van der Waals surface area contributed by atoms with Gasteiger partial charge in [-0.2, -0.15) is 0 Å². The summed E-state index contributed by atoms with van der Waals surface area (Å²) in [6, 6.07) is 10.8. The maximum absolute atomic E-state index is 13.4. The molecule has 4 rings (SSSR count). The van der Waals surface area contributed by atoms with Crippen molar-refractivity contribution in [2.45, 2.75) is 27.3 Å². The molecule has 4 aromatic rings. The van der Waals surface area contributed by atoms with Crippen LogP contribution in [0, 0.1) is 20.8 Å². The first kappa shape index (κ1) is 18.2. The van der Waals surface area contributed by atoms with E-state index in [4.69, 9.17) is 14.5 Å². The van der Waals surface area contributed by atoms with Gasteiger partial charge in [-0.25, -0.2) is 9.78 Å². The minimum absolute atomic E-state index is 0.104. The van der Waals surface area contributed by atoms with Crippen LogP contribution < -0.4 is 5.56 Å². The number of aromatic carboxylic acids is 1. The number of thiophene rings is 1. The fraction of sp³-hybridized carbons (Fsp3) is 0.190. The predicted octanol–water partition coefficient (Wildman–Crippen LogP) is 4.39. The zero-order valence-electron chi connectivity index (χ0n) is 15.6. The van der Waals surface area contributed by atoms with Crippen LogP contribution in [0.1, 0.15) is 32.3 Å². The van der Waals surface area contributed by atoms with E-state index in [0.29, 0.717) is 21.8 Å². The van der Waals surface area contributed by atoms with Gasteiger partial charge in [-0.05, 0) is 44.5 Å². The van der Waals surface area contributed by atoms with E-state index in [1.165, 1.54) is 17.4 Å². The molecule has 0 spiro atoms. The van der Waals surface area contributed by atoms with E-state index in [0.717, 1.165) is 21.6 Å². The molecule has 0 amide bonds. The maximum atomic E-state index is 13.4. The SMILES string of the molecule is Cc1cccc(-c2nc3sc(C)c(C)c3c(=O)n2Cc2ccc(C(=O)O)o2)c1. The molecule has 0 bridgehead atoms. The second kappa shape index (κ2) is 6.76. The summed E-state index contributed by atoms with van der Waals surface area (Å²) in [7, 11) is 0. The first-order valence-electron chi connectivity index (χ1n) is 8.74. The Hall–Kier alpha value is -3.19. The Morgan fingerprint density at radius 3 is 2.68 bits per heavy atom. The van der Waals surface area contributed by atoms with Gasteiger partial charge in [-0.3, -0.25) is 9.36 Å². The molecule has 0 radical (unpaired) electrons. The fourth-order valence-corrected chi connectivity index (χ4v) is 4.23. The van der Waals surface area contributed by atoms with Crippen LogP contribution in [-0.4, -0.2) is 20.6 Å². The second-order valence-electron chi connectivity index (χ2n) is 6.73. The Morgan fingerprint density at radius 2 is 2.00 bits per heavy atom. The highest BCUT2D eigenvalue weighted by molar-refractivity contribution is 7.18. The van der Waals surface area contributed by atoms with Crippen molar-refractivity contribution in [3.8, 4) is 11.4 Å². The average Bonchev–Trinajstić information content (AvgIpc) is 3.22. The van der Waals surface area contributed by atoms with Gasteiger partial charge in [0.1, 0.15) is 16.4 Å². The molecule has 0 aliphatic heterocycles. The number of furan rings is 1. The van der Waals surface area contributed by atoms with Crippen LogP contribution in [0.2, 0.25) is 0 Å². The van der Waals surface area contributed by atoms with Crippen molar-refractivity contribution in [2.75, 3.05) is 0 Å². The lowest BCUT2D eigenvalue weighted by atomic mass is 10.1. The molecule has 28 heavy (non-hydrogen) atoms. The summed E-state index contributed by atoms with van der Waals surface area (Å²) < 4.78 is 6.94. The lowest BCUT2D eigenvalue weighted by molar-refractivity contribution is 0.0660. The monoisotopic (exact) mass is 394 g/mol. The molecular formula is C21H18N2O4S. The van der Waals surface area contributed by atoms with E-state index in [-0.39, 0.29) is 17.9 Å². The molecule has 0 aliphatic rings. The van der Waals surface area contributed by atoms with E-state index < -0.39 is 5.97 Å². The van der Waals surface area contributed by atoms with E-state index in [2.05, 4.69) is 0 Å². The zero-order chi connectivity index (χ0) is 20.0. The maximum Gasteiger partial charge on any atom is 0.371 e. The number of fused-ring (bicyclic) bond motifs is 1. The molecule has 0 fully saturated rings. The highest BCUT2D eigenvalue weighted by Crippen LogP contribution is 2.29. The molecule has 0 saturated carbocycles. The molecule has 0 atom stereocenters. The molecule has 3 aromatic heterocycles. The van der Waals surface area contributed by atoms with Gasteiger partial charge in [-0.15, -0.1) is 11.3 Å². The number of carboxylic acid groups (broad SMARTS) is 1. The quantitative estimate of drug-likeness (QED) is 0.555. The first-order chi connectivity index (χ1) is 13.3. The van der Waals surface area contributed by atoms with E-state index in [9.17, 15) is 9.59 Å². The van der Waals surface area contributed by atoms with E-state index in [1.54, 1.807) is 10.6 Å². The van der Waals surface area contributed by atoms with Crippen LogP contribution in [0.15, 0.2) is 45.6 Å². The highest BCUT2D eigenvalue weighted by atomic mass is 32.1. The lowest BCUT2D eigenvalue weighted by Crippen LogP contribution is -2.24. The molecule has 0 aliphatic carbocycles. The van der Waals surface area contributed by atoms with Crippen LogP contribution in [0.4, 0.5) is 0 Å². The number of aromatic nitrogens is 2. The van der Waals surface area contributed by atoms with Gasteiger partial charge in [0.25, 0.3) is 5.56 Å². The number of benzene rings is 1. The number of hydrogen-bond acceptors (Lipinski definition) is 5. The van der Waals surface area contributed by atoms with Gasteiger partial charge in [-0.1, -0.05) is 23.8 Å². The molecular weight excluding hydrogens is 376 g/mol. The van der Waals surface area contributed by atoms with Crippen molar-refractivity contribution in [3.05, 3.63) is 74.3 Å². The average molecular weight is 394 g/mol. The molecule has 6 nitrogen and oxygen atoms in total. The topological polar surface area (TPSA) is 85.3 Å². The van der Waals surface area contributed by atoms with Gasteiger partial charge in [0, 0.05) is 10.4 Å². The number of hydrogen-bond donors (Lipinski definition) is 1. The molecule has 3 heterocycles. The standard InChI is InChI=1S/C21H18N2O4S/c1-11-5-4-6-14(9-11)18-22-19-17(12(2)13(3)28-19)20(24)23(18)10-15-7-8-16(27-15)21(25)26/h4-9H,10H2,1-3H3,(H,25,26). The van der Waals surface area contributed by atoms with Crippen LogP contribution in [-0.2, 0) is 6.54 Å². The lowest BCUT2D eigenvalue weighted by Gasteiger charge is -2.12. The van der Waals surface area contributed by atoms with Crippen LogP contribution in [0.25, 0.3) is 21.6 Å². The fourth-order valence-electron chi connectivity index (χ4n) is 3.21. The van der Waals surface area contributed by atoms with Gasteiger partial charge >= 0.3 is 5.97 Å². The minimum atomic E-state index is -1.14. The first-order valence-corrected chi connectivity index (χ1v) is 9.56. The Balaban J connectivity index is 1.96. The van der Waals surface area contributed by atoms with Crippen LogP contribution in [0.3, 0.4) is 0 Å². The third-order valence-electron chi connectivity index (χ3n) is 4.75. The minimum Gasteiger partial charge on any atom is -0.475 e. The molecule has 142 valence electrons. The third kappa shape index (κ3) is 3.03. The molecule has 0 saturated heterocycles. The van der Waals surface area contributed by atoms with Gasteiger partial charge in [0.05, 0.1) is 11.9 Å². The van der Waals surface area contributed by atoms with Crippen LogP contribution >= 0.6 is 11.3 Å². The Morgan fingerprint density at radius 1 is 1.21 bits per heavy atom. The summed E-state index contributed by atoms with van der Waals surface area (Å²) in [4.78, 5) is 31.0. The second-order valence-corrected chi connectivity index (χ2v) is 7.93. The van der Waals surface area contributed by atoms with Crippen LogP contribution in [0.5, 0.6) is 0 Å². The summed E-state index contributed by atoms with van der Waals surface area (Å²) in [5.74, 6) is -0.373. The molecule has 7 heteroatoms. The summed E-state index contributed by atoms with van der Waals surface area (Å²) in [6.07, 6.45) is 0. The van der Waals surface area contributed by atoms with Gasteiger partial charge < -0.3 is 9.52 Å². The number of nitrogens with zero attached hydrogens (tertiary/aromatic N) is 2. The molecule has 0 unspecified atom stereocenters. The number of rotatable bonds is 4. The molecule has 1 aromatic carbocycles. The van der Waals surface area contributed by atoms with Crippen molar-refractivity contribution in [1.29, 1.82) is 0 Å². The van der Waals surface area contributed by atoms with Crippen molar-refractivity contribution < 1.29 is 14.3 Å². The summed E-state index contributed by atoms with van der Waals surface area (Å²) >= 11 is 1.50.